The van der Waals surface area contributed by atoms with Gasteiger partial charge >= 0.3 is 5.97 Å². The summed E-state index contributed by atoms with van der Waals surface area (Å²) in [4.78, 5) is 26.1. The second-order valence-electron chi connectivity index (χ2n) is 17.2. The number of hydrogen-bond donors (Lipinski definition) is 3. The highest BCUT2D eigenvalue weighted by atomic mass is 16.5. The molecule has 0 bridgehead atoms. The van der Waals surface area contributed by atoms with E-state index in [2.05, 4.69) is 111 Å². The van der Waals surface area contributed by atoms with Crippen LogP contribution in [0.25, 0.3) is 0 Å². The molecule has 0 fully saturated rings. The van der Waals surface area contributed by atoms with Crippen molar-refractivity contribution in [3.8, 4) is 0 Å². The third kappa shape index (κ3) is 43.7. The Balaban J connectivity index is 4.77. The minimum Gasteiger partial charge on any atom is -0.462 e. The third-order valence-electron chi connectivity index (χ3n) is 11.2. The van der Waals surface area contributed by atoms with Crippen LogP contribution in [0.1, 0.15) is 233 Å². The molecule has 0 aliphatic carbocycles. The van der Waals surface area contributed by atoms with E-state index in [1.54, 1.807) is 0 Å². The molecule has 0 aromatic rings. The fourth-order valence-electron chi connectivity index (χ4n) is 7.25. The molecule has 356 valence electrons. The number of ether oxygens (including phenoxy) is 1. The molecular weight excluding hydrogens is 767 g/mol. The molecule has 0 aromatic heterocycles. The van der Waals surface area contributed by atoms with Gasteiger partial charge < -0.3 is 20.3 Å². The molecule has 0 aromatic carbocycles. The number of esters is 1. The Hall–Kier alpha value is -2.96. The van der Waals surface area contributed by atoms with Crippen LogP contribution in [0.3, 0.4) is 0 Å². The van der Waals surface area contributed by atoms with Gasteiger partial charge in [0, 0.05) is 6.42 Å². The van der Waals surface area contributed by atoms with Crippen LogP contribution in [0.5, 0.6) is 0 Å². The van der Waals surface area contributed by atoms with E-state index < -0.39 is 18.2 Å². The molecular formula is C56H97NO5. The zero-order valence-corrected chi connectivity index (χ0v) is 40.5. The van der Waals surface area contributed by atoms with Crippen LogP contribution in [0.15, 0.2) is 85.1 Å². The van der Waals surface area contributed by atoms with Gasteiger partial charge in [0.15, 0.2) is 0 Å². The van der Waals surface area contributed by atoms with Gasteiger partial charge in [-0.1, -0.05) is 202 Å². The van der Waals surface area contributed by atoms with Gasteiger partial charge in [-0.25, -0.2) is 0 Å². The average molecular weight is 864 g/mol. The number of unbranched alkanes of at least 4 members (excludes halogenated alkanes) is 19. The maximum Gasteiger partial charge on any atom is 0.306 e. The molecule has 0 aliphatic heterocycles. The lowest BCUT2D eigenvalue weighted by atomic mass is 10.0. The zero-order valence-electron chi connectivity index (χ0n) is 40.5. The lowest BCUT2D eigenvalue weighted by molar-refractivity contribution is -0.151. The molecule has 0 rings (SSSR count). The molecule has 0 heterocycles. The van der Waals surface area contributed by atoms with E-state index in [1.165, 1.54) is 103 Å². The van der Waals surface area contributed by atoms with Crippen molar-refractivity contribution in [2.24, 2.45) is 0 Å². The van der Waals surface area contributed by atoms with Gasteiger partial charge in [-0.2, -0.15) is 0 Å². The van der Waals surface area contributed by atoms with Crippen molar-refractivity contribution in [3.05, 3.63) is 85.1 Å². The first-order valence-corrected chi connectivity index (χ1v) is 25.8. The van der Waals surface area contributed by atoms with E-state index >= 15 is 0 Å². The number of aliphatic hydroxyl groups excluding tert-OH is 2. The maximum atomic E-state index is 13.2. The lowest BCUT2D eigenvalue weighted by Crippen LogP contribution is -2.46. The van der Waals surface area contributed by atoms with Gasteiger partial charge in [-0.15, -0.1) is 0 Å². The van der Waals surface area contributed by atoms with Gasteiger partial charge in [0.25, 0.3) is 0 Å². The van der Waals surface area contributed by atoms with Crippen LogP contribution in [-0.2, 0) is 14.3 Å². The predicted octanol–water partition coefficient (Wildman–Crippen LogP) is 15.6. The number of amides is 1. The second kappa shape index (κ2) is 49.1. The summed E-state index contributed by atoms with van der Waals surface area (Å²) in [5.74, 6) is -0.583. The molecule has 3 unspecified atom stereocenters. The van der Waals surface area contributed by atoms with Crippen molar-refractivity contribution in [1.82, 2.24) is 5.32 Å². The third-order valence-corrected chi connectivity index (χ3v) is 11.2. The summed E-state index contributed by atoms with van der Waals surface area (Å²) in [5, 5.41) is 23.7. The highest BCUT2D eigenvalue weighted by Gasteiger charge is 2.24. The quantitative estimate of drug-likeness (QED) is 0.0322. The molecule has 0 saturated heterocycles. The summed E-state index contributed by atoms with van der Waals surface area (Å²) in [5.41, 5.74) is 0. The monoisotopic (exact) mass is 864 g/mol. The Kier molecular flexibility index (Phi) is 46.7. The highest BCUT2D eigenvalue weighted by molar-refractivity contribution is 5.77. The van der Waals surface area contributed by atoms with Gasteiger partial charge in [0.1, 0.15) is 6.10 Å². The molecule has 6 heteroatoms. The molecule has 0 saturated carbocycles. The maximum absolute atomic E-state index is 13.2. The molecule has 0 radical (unpaired) electrons. The van der Waals surface area contributed by atoms with E-state index in [1.807, 2.05) is 0 Å². The Bertz CT molecular complexity index is 1200. The first-order chi connectivity index (χ1) is 30.5. The van der Waals surface area contributed by atoms with Gasteiger partial charge in [-0.3, -0.25) is 9.59 Å². The minimum absolute atomic E-state index is 0.0261. The van der Waals surface area contributed by atoms with Crippen LogP contribution in [0, 0.1) is 0 Å². The minimum atomic E-state index is -0.810. The number of nitrogens with one attached hydrogen (secondary N) is 1. The van der Waals surface area contributed by atoms with Crippen LogP contribution in [0.2, 0.25) is 0 Å². The van der Waals surface area contributed by atoms with Gasteiger partial charge in [0.05, 0.1) is 25.2 Å². The van der Waals surface area contributed by atoms with Crippen molar-refractivity contribution in [2.75, 3.05) is 6.61 Å². The van der Waals surface area contributed by atoms with Crippen LogP contribution in [-0.4, -0.2) is 46.9 Å². The first kappa shape index (κ1) is 59.0. The van der Waals surface area contributed by atoms with Crippen molar-refractivity contribution < 1.29 is 24.5 Å². The van der Waals surface area contributed by atoms with E-state index in [9.17, 15) is 19.8 Å². The standard InChI is InChI=1S/C56H97NO5/c1-4-7-10-13-16-19-22-24-26-27-29-31-34-37-40-43-46-49-56(61)62-52(47-44-41-38-35-33-30-28-25-23-20-17-14-11-8-5-2)50-55(60)57-53(51-58)54(59)48-45-42-39-36-32-21-18-15-12-9-6-3/h16-17,19-20,24-26,28-29,31,33,35,37,40,52-54,58-59H,4-15,18,21-23,27,30,32,34,36,38-39,41-51H2,1-3H3,(H,57,60)/b19-16-,20-17-,26-24-,28-25-,31-29-,35-33-,40-37-. The number of carbonyl (C=O) groups is 2. The molecule has 0 aliphatic rings. The smallest absolute Gasteiger partial charge is 0.306 e. The summed E-state index contributed by atoms with van der Waals surface area (Å²) in [6, 6.07) is -0.728. The molecule has 0 spiro atoms. The number of carbonyl (C=O) groups excluding carboxylic acids is 2. The number of rotatable bonds is 45. The average Bonchev–Trinajstić information content (AvgIpc) is 3.26. The zero-order chi connectivity index (χ0) is 45.2. The Labute approximate surface area is 383 Å². The number of aliphatic hydroxyl groups is 2. The van der Waals surface area contributed by atoms with Gasteiger partial charge in [-0.05, 0) is 103 Å². The van der Waals surface area contributed by atoms with E-state index in [0.29, 0.717) is 25.7 Å². The largest absolute Gasteiger partial charge is 0.462 e. The summed E-state index contributed by atoms with van der Waals surface area (Å²) in [7, 11) is 0. The van der Waals surface area contributed by atoms with E-state index in [4.69, 9.17) is 4.74 Å². The summed E-state index contributed by atoms with van der Waals surface area (Å²) in [6.45, 7) is 6.39. The second-order valence-corrected chi connectivity index (χ2v) is 17.2. The molecule has 1 amide bonds. The Morgan fingerprint density at radius 2 is 0.823 bits per heavy atom. The summed E-state index contributed by atoms with van der Waals surface area (Å²) in [6.07, 6.45) is 63.6. The predicted molar refractivity (Wildman–Crippen MR) is 268 cm³/mol. The van der Waals surface area contributed by atoms with E-state index in [-0.39, 0.29) is 24.9 Å². The fraction of sp³-hybridized carbons (Fsp3) is 0.714. The summed E-state index contributed by atoms with van der Waals surface area (Å²) >= 11 is 0. The highest BCUT2D eigenvalue weighted by Crippen LogP contribution is 2.16. The van der Waals surface area contributed by atoms with Gasteiger partial charge in [0.2, 0.25) is 5.91 Å². The summed E-state index contributed by atoms with van der Waals surface area (Å²) < 4.78 is 5.89. The van der Waals surface area contributed by atoms with Crippen LogP contribution >= 0.6 is 0 Å². The van der Waals surface area contributed by atoms with E-state index in [0.717, 1.165) is 77.0 Å². The van der Waals surface area contributed by atoms with Crippen molar-refractivity contribution in [3.63, 3.8) is 0 Å². The molecule has 3 N–H and O–H groups in total. The number of hydrogen-bond acceptors (Lipinski definition) is 5. The molecule has 3 atom stereocenters. The van der Waals surface area contributed by atoms with Crippen LogP contribution in [0.4, 0.5) is 0 Å². The Morgan fingerprint density at radius 1 is 0.468 bits per heavy atom. The first-order valence-electron chi connectivity index (χ1n) is 25.8. The number of allylic oxidation sites excluding steroid dienone is 14. The van der Waals surface area contributed by atoms with Crippen molar-refractivity contribution >= 4 is 11.9 Å². The molecule has 62 heavy (non-hydrogen) atoms. The normalized spacial score (nSPS) is 14.0. The fourth-order valence-corrected chi connectivity index (χ4v) is 7.25. The lowest BCUT2D eigenvalue weighted by Gasteiger charge is -2.24. The SMILES string of the molecule is CCCCC/C=C\C/C=C\C/C=C\C/C=C\CCCC(=O)OC(CCCC/C=C\C/C=C\C/C=C\CCCCC)CC(=O)NC(CO)C(O)CCCCCCCCCCCCC. The van der Waals surface area contributed by atoms with Crippen molar-refractivity contribution in [2.45, 2.75) is 251 Å². The molecule has 6 nitrogen and oxygen atoms in total. The topological polar surface area (TPSA) is 95.9 Å². The van der Waals surface area contributed by atoms with Crippen molar-refractivity contribution in [1.29, 1.82) is 0 Å². The Morgan fingerprint density at radius 3 is 1.26 bits per heavy atom. The van der Waals surface area contributed by atoms with Crippen LogP contribution < -0.4 is 5.32 Å².